The van der Waals surface area contributed by atoms with E-state index in [9.17, 15) is 28.1 Å². The summed E-state index contributed by atoms with van der Waals surface area (Å²) in [5, 5.41) is 19.3. The summed E-state index contributed by atoms with van der Waals surface area (Å²) in [5.41, 5.74) is 5.57. The van der Waals surface area contributed by atoms with Gasteiger partial charge in [0.05, 0.1) is 19.9 Å². The molecular formula is C15H13Cl2N3O8S2. The highest BCUT2D eigenvalue weighted by Crippen LogP contribution is 2.39. The molecule has 0 spiro atoms. The first kappa shape index (κ1) is 24.1. The first-order valence-electron chi connectivity index (χ1n) is 7.75. The molecule has 162 valence electrons. The molecule has 0 bridgehead atoms. The number of halogens is 2. The first-order valence-corrected chi connectivity index (χ1v) is 11.0. The molecule has 3 rings (SSSR count). The summed E-state index contributed by atoms with van der Waals surface area (Å²) in [7, 11) is -4.19. The van der Waals surface area contributed by atoms with Crippen molar-refractivity contribution in [1.29, 1.82) is 0 Å². The molecule has 4 N–H and O–H groups in total. The van der Waals surface area contributed by atoms with Gasteiger partial charge in [0, 0.05) is 11.8 Å². The third kappa shape index (κ3) is 5.30. The molecule has 2 aliphatic rings. The summed E-state index contributed by atoms with van der Waals surface area (Å²) < 4.78 is 29.7. The van der Waals surface area contributed by atoms with Gasteiger partial charge in [-0.2, -0.15) is 8.42 Å². The number of benzene rings is 1. The summed E-state index contributed by atoms with van der Waals surface area (Å²) in [5.74, 6) is -1.49. The Hall–Kier alpha value is -2.16. The predicted octanol–water partition coefficient (Wildman–Crippen LogP) is 1.60. The molecule has 15 heteroatoms. The monoisotopic (exact) mass is 497 g/mol. The van der Waals surface area contributed by atoms with Gasteiger partial charge < -0.3 is 10.8 Å². The van der Waals surface area contributed by atoms with Gasteiger partial charge in [-0.15, -0.1) is 11.8 Å². The fourth-order valence-corrected chi connectivity index (χ4v) is 4.59. The minimum atomic E-state index is -4.19. The third-order valence-electron chi connectivity index (χ3n) is 3.83. The molecule has 1 unspecified atom stereocenters. The molecule has 1 aromatic rings. The molecule has 2 atom stereocenters. The summed E-state index contributed by atoms with van der Waals surface area (Å²) in [6, 6.07) is 2.85. The van der Waals surface area contributed by atoms with Crippen molar-refractivity contribution in [2.24, 2.45) is 5.73 Å². The van der Waals surface area contributed by atoms with E-state index in [0.29, 0.717) is 6.20 Å². The molecule has 11 nitrogen and oxygen atoms in total. The van der Waals surface area contributed by atoms with Crippen molar-refractivity contribution < 1.29 is 32.6 Å². The van der Waals surface area contributed by atoms with Crippen LogP contribution in [0.5, 0.6) is 0 Å². The molecule has 2 aliphatic heterocycles. The topological polar surface area (TPSA) is 181 Å². The number of aliphatic carboxylic acids is 1. The number of carbonyl (C=O) groups is 2. The van der Waals surface area contributed by atoms with Crippen LogP contribution in [0.3, 0.4) is 0 Å². The summed E-state index contributed by atoms with van der Waals surface area (Å²) >= 11 is 12.3. The molecule has 0 aromatic heterocycles. The lowest BCUT2D eigenvalue weighted by atomic mass is 10.0. The first-order chi connectivity index (χ1) is 13.8. The van der Waals surface area contributed by atoms with Gasteiger partial charge in [-0.05, 0) is 23.8 Å². The number of carbonyl (C=O) groups excluding carboxylic acids is 1. The van der Waals surface area contributed by atoms with Crippen molar-refractivity contribution in [3.05, 3.63) is 61.9 Å². The van der Waals surface area contributed by atoms with E-state index in [-0.39, 0.29) is 32.0 Å². The van der Waals surface area contributed by atoms with Crippen LogP contribution in [-0.4, -0.2) is 56.9 Å². The van der Waals surface area contributed by atoms with Crippen LogP contribution in [0, 0.1) is 10.1 Å². The number of fused-ring (bicyclic) bond motifs is 1. The van der Waals surface area contributed by atoms with E-state index in [1.54, 1.807) is 0 Å². The van der Waals surface area contributed by atoms with E-state index in [2.05, 4.69) is 0 Å². The van der Waals surface area contributed by atoms with Crippen molar-refractivity contribution >= 4 is 57.0 Å². The van der Waals surface area contributed by atoms with Gasteiger partial charge >= 0.3 is 5.97 Å². The number of hydrogen-bond acceptors (Lipinski definition) is 8. The number of allylic oxidation sites excluding steroid dienone is 1. The number of hydrogen-bond donors (Lipinski definition) is 3. The Morgan fingerprint density at radius 2 is 2.00 bits per heavy atom. The van der Waals surface area contributed by atoms with E-state index in [0.717, 1.165) is 17.0 Å². The Bertz CT molecular complexity index is 1070. The van der Waals surface area contributed by atoms with Crippen molar-refractivity contribution in [3.63, 3.8) is 0 Å². The second kappa shape index (κ2) is 9.32. The quantitative estimate of drug-likeness (QED) is 0.239. The lowest BCUT2D eigenvalue weighted by molar-refractivity contribution is -0.402. The normalized spacial score (nSPS) is 20.9. The van der Waals surface area contributed by atoms with E-state index in [1.807, 2.05) is 0 Å². The summed E-state index contributed by atoms with van der Waals surface area (Å²) in [6.07, 6.45) is 1.76. The number of amides is 1. The highest BCUT2D eigenvalue weighted by atomic mass is 35.5. The molecular weight excluding hydrogens is 485 g/mol. The number of nitrogens with two attached hydrogens (primary N) is 1. The lowest BCUT2D eigenvalue weighted by Gasteiger charge is -2.47. The Labute approximate surface area is 184 Å². The minimum Gasteiger partial charge on any atom is -0.477 e. The smallest absolute Gasteiger partial charge is 0.352 e. The molecule has 1 amide bonds. The van der Waals surface area contributed by atoms with Gasteiger partial charge in [-0.25, -0.2) is 4.79 Å². The Balaban J connectivity index is 0.000000232. The zero-order valence-corrected chi connectivity index (χ0v) is 17.8. The fourth-order valence-electron chi connectivity index (χ4n) is 2.46. The molecule has 1 aromatic carbocycles. The minimum absolute atomic E-state index is 0.0896. The van der Waals surface area contributed by atoms with Crippen molar-refractivity contribution in [2.75, 3.05) is 5.75 Å². The Morgan fingerprint density at radius 1 is 1.37 bits per heavy atom. The molecule has 0 saturated carbocycles. The van der Waals surface area contributed by atoms with Crippen molar-refractivity contribution in [1.82, 2.24) is 4.90 Å². The maximum absolute atomic E-state index is 11.5. The maximum atomic E-state index is 11.5. The fraction of sp³-hybridized carbons (Fsp3) is 0.200. The Kier molecular flexibility index (Phi) is 7.49. The Morgan fingerprint density at radius 3 is 2.50 bits per heavy atom. The highest BCUT2D eigenvalue weighted by Gasteiger charge is 2.51. The van der Waals surface area contributed by atoms with E-state index in [1.165, 1.54) is 23.9 Å². The van der Waals surface area contributed by atoms with Crippen LogP contribution >= 0.6 is 35.0 Å². The van der Waals surface area contributed by atoms with Crippen LogP contribution in [-0.2, 0) is 19.7 Å². The average Bonchev–Trinajstić information content (AvgIpc) is 2.66. The number of β-lactam (4-membered cyclic amide) rings is 1. The van der Waals surface area contributed by atoms with Crippen molar-refractivity contribution in [3.8, 4) is 0 Å². The van der Waals surface area contributed by atoms with Gasteiger partial charge in [0.2, 0.25) is 12.1 Å². The van der Waals surface area contributed by atoms with Crippen LogP contribution in [0.15, 0.2) is 46.6 Å². The number of nitro groups is 1. The molecule has 1 fully saturated rings. The number of carboxylic acid groups (broad SMARTS) is 1. The van der Waals surface area contributed by atoms with Crippen LogP contribution in [0.25, 0.3) is 0 Å². The van der Waals surface area contributed by atoms with Crippen LogP contribution in [0.1, 0.15) is 0 Å². The zero-order chi connectivity index (χ0) is 22.8. The standard InChI is InChI=1S/C9H9N3O5S.C6H4Cl2O3S/c10-5-7(13)12-6(9(14)15)4(1-2-11(16)17)3-18-8(5)12;7-5-2-1-4(3-6(5)8)12(9,10)11/h1-2,5,8H,3,10H2,(H,14,15);1-3H,(H,9,10,11)/t5?,8-;/m1./s1. The predicted molar refractivity (Wildman–Crippen MR) is 108 cm³/mol. The van der Waals surface area contributed by atoms with Crippen LogP contribution in [0.4, 0.5) is 0 Å². The van der Waals surface area contributed by atoms with Gasteiger partial charge in [-0.3, -0.25) is 24.4 Å². The van der Waals surface area contributed by atoms with E-state index in [4.69, 9.17) is 38.6 Å². The number of nitrogens with zero attached hydrogens (tertiary/aromatic N) is 2. The zero-order valence-electron chi connectivity index (χ0n) is 14.6. The largest absolute Gasteiger partial charge is 0.477 e. The molecule has 1 saturated heterocycles. The van der Waals surface area contributed by atoms with Gasteiger partial charge in [0.1, 0.15) is 17.1 Å². The molecule has 0 aliphatic carbocycles. The summed E-state index contributed by atoms with van der Waals surface area (Å²) in [4.78, 5) is 33.0. The van der Waals surface area contributed by atoms with Gasteiger partial charge in [0.25, 0.3) is 10.1 Å². The van der Waals surface area contributed by atoms with Crippen LogP contribution < -0.4 is 5.73 Å². The van der Waals surface area contributed by atoms with Gasteiger partial charge in [0.15, 0.2) is 0 Å². The lowest BCUT2D eigenvalue weighted by Crippen LogP contribution is -2.68. The van der Waals surface area contributed by atoms with Crippen LogP contribution in [0.2, 0.25) is 10.0 Å². The number of rotatable bonds is 4. The maximum Gasteiger partial charge on any atom is 0.352 e. The third-order valence-corrected chi connectivity index (χ3v) is 6.74. The SMILES string of the molecule is NC1C(=O)N2C(C(=O)O)=C(C=C[N+](=O)[O-])CS[C@H]12.O=S(=O)(O)c1ccc(Cl)c(Cl)c1. The average molecular weight is 498 g/mol. The molecule has 0 radical (unpaired) electrons. The second-order valence-corrected chi connectivity index (χ2v) is 9.11. The summed E-state index contributed by atoms with van der Waals surface area (Å²) in [6.45, 7) is 0. The van der Waals surface area contributed by atoms with E-state index >= 15 is 0 Å². The molecule has 30 heavy (non-hydrogen) atoms. The van der Waals surface area contributed by atoms with E-state index < -0.39 is 38.3 Å². The van der Waals surface area contributed by atoms with Crippen molar-refractivity contribution in [2.45, 2.75) is 16.3 Å². The number of thioether (sulfide) groups is 1. The highest BCUT2D eigenvalue weighted by molar-refractivity contribution is 8.00. The second-order valence-electron chi connectivity index (χ2n) is 5.77. The van der Waals surface area contributed by atoms with Gasteiger partial charge in [-0.1, -0.05) is 23.2 Å². The number of carboxylic acids is 1. The molecule has 2 heterocycles.